The summed E-state index contributed by atoms with van der Waals surface area (Å²) in [6, 6.07) is 4.77. The molecule has 0 bridgehead atoms. The molecule has 47 heavy (non-hydrogen) atoms. The van der Waals surface area contributed by atoms with Crippen LogP contribution in [0.15, 0.2) is 18.2 Å². The van der Waals surface area contributed by atoms with E-state index in [1.165, 1.54) is 27.2 Å². The Labute approximate surface area is 280 Å². The number of aliphatic hydroxyl groups is 1. The number of hydrogen-bond donors (Lipinski definition) is 5. The minimum Gasteiger partial charge on any atom is -0.507 e. The summed E-state index contributed by atoms with van der Waals surface area (Å²) in [7, 11) is 2.60. The maximum Gasteiger partial charge on any atom is 0.470 e. The fourth-order valence-electron chi connectivity index (χ4n) is 4.52. The Hall–Kier alpha value is -3.64. The average Bonchev–Trinajstić information content (AvgIpc) is 2.98. The zero-order valence-electron chi connectivity index (χ0n) is 26.0. The number of phenolic OH excluding ortho intramolecular Hbond substituents is 2. The number of carbonyl (C=O) groups excluding carboxylic acids is 4. The van der Waals surface area contributed by atoms with Crippen LogP contribution in [0.25, 0.3) is 0 Å². The van der Waals surface area contributed by atoms with Gasteiger partial charge in [-0.3, -0.25) is 19.6 Å². The molecule has 1 amide bonds. The summed E-state index contributed by atoms with van der Waals surface area (Å²) in [6.07, 6.45) is 0.648. The SMILES string of the molecule is COO.COc1cccc2c1C(=O)c1c(O)c3c(c(O)c1C2=O)CCCC3.NC(=O)C(F)(F)F.O.OC1CCCCO1.[CH2-]C(C)=O.[V]. The summed E-state index contributed by atoms with van der Waals surface area (Å²) < 4.78 is 42.2. The number of primary amides is 1. The smallest absolute Gasteiger partial charge is 0.470 e. The predicted molar refractivity (Wildman–Crippen MR) is 157 cm³/mol. The van der Waals surface area contributed by atoms with Crippen molar-refractivity contribution in [2.75, 3.05) is 20.8 Å². The van der Waals surface area contributed by atoms with Crippen molar-refractivity contribution in [3.63, 3.8) is 0 Å². The number of rotatable bonds is 1. The number of Topliss-reactive ketones (excluding diaryl/α,β-unsaturated/α-hetero) is 1. The number of aliphatic hydroxyl groups excluding tert-OH is 1. The number of benzene rings is 2. The molecule has 0 aromatic heterocycles. The van der Waals surface area contributed by atoms with Crippen molar-refractivity contribution in [2.24, 2.45) is 5.73 Å². The topological polar surface area (TPSA) is 234 Å². The van der Waals surface area contributed by atoms with E-state index >= 15 is 0 Å². The molecule has 1 heterocycles. The Morgan fingerprint density at radius 1 is 0.957 bits per heavy atom. The number of fused-ring (bicyclic) bond motifs is 3. The number of halogens is 3. The van der Waals surface area contributed by atoms with Crippen LogP contribution in [-0.4, -0.2) is 82.6 Å². The quantitative estimate of drug-likeness (QED) is 0.106. The molecule has 2 aromatic rings. The molecule has 2 aliphatic carbocycles. The van der Waals surface area contributed by atoms with Gasteiger partial charge in [0.25, 0.3) is 0 Å². The fourth-order valence-corrected chi connectivity index (χ4v) is 4.52. The molecule has 17 heteroatoms. The van der Waals surface area contributed by atoms with E-state index in [-0.39, 0.29) is 69.3 Å². The standard InChI is InChI=1S/C19H16O5.C5H10O2.C3H5O.C2H2F3NO.CH4O2.H2O.V/c1-24-12-8-4-7-11-13(12)19(23)15-14(18(11)22)16(20)9-5-2-3-6-10(9)17(15)21;6-5-3-1-2-4-7-5;1-3(2)4;3-2(4,5)1(6)7;1-3-2;;/h4,7-8,20-21H,2-3,5-6H2,1H3;5-6H,1-4H2;1H2,2H3;(H2,6,7);2H,1H3;1H2;/q;;-1;;;;. The number of amides is 1. The third kappa shape index (κ3) is 12.8. The zero-order valence-corrected chi connectivity index (χ0v) is 27.4. The van der Waals surface area contributed by atoms with E-state index in [1.807, 2.05) is 0 Å². The molecular formula is C30H39F3NO12V-. The van der Waals surface area contributed by atoms with E-state index in [9.17, 15) is 37.8 Å². The third-order valence-corrected chi connectivity index (χ3v) is 6.37. The number of carbonyl (C=O) groups is 4. The van der Waals surface area contributed by atoms with Crippen molar-refractivity contribution >= 4 is 23.3 Å². The van der Waals surface area contributed by atoms with Gasteiger partial charge >= 0.3 is 12.1 Å². The molecule has 1 saturated heterocycles. The van der Waals surface area contributed by atoms with Gasteiger partial charge < -0.3 is 47.7 Å². The molecule has 0 spiro atoms. The molecule has 1 fully saturated rings. The van der Waals surface area contributed by atoms with Gasteiger partial charge in [0, 0.05) is 41.9 Å². The maximum atomic E-state index is 13.0. The number of nitrogens with two attached hydrogens (primary N) is 1. The number of phenols is 2. The molecular weight excluding hydrogens is 674 g/mol. The Balaban J connectivity index is 0. The zero-order chi connectivity index (χ0) is 34.5. The first kappa shape index (κ1) is 45.5. The molecule has 1 atom stereocenters. The van der Waals surface area contributed by atoms with Crippen LogP contribution in [0.3, 0.4) is 0 Å². The normalized spacial score (nSPS) is 15.4. The summed E-state index contributed by atoms with van der Waals surface area (Å²) >= 11 is 0. The second-order valence-corrected chi connectivity index (χ2v) is 9.72. The molecule has 0 saturated carbocycles. The fraction of sp³-hybridized carbons (Fsp3) is 0.433. The second-order valence-electron chi connectivity index (χ2n) is 9.72. The van der Waals surface area contributed by atoms with Gasteiger partial charge in [0.05, 0.1) is 30.9 Å². The Bertz CT molecular complexity index is 1360. The number of ketones is 3. The summed E-state index contributed by atoms with van der Waals surface area (Å²) in [4.78, 5) is 47.6. The van der Waals surface area contributed by atoms with E-state index in [2.05, 4.69) is 17.5 Å². The van der Waals surface area contributed by atoms with Crippen LogP contribution in [-0.2, 0) is 50.6 Å². The molecule has 5 rings (SSSR count). The first-order valence-corrected chi connectivity index (χ1v) is 13.6. The van der Waals surface area contributed by atoms with E-state index in [4.69, 9.17) is 24.6 Å². The van der Waals surface area contributed by atoms with Crippen molar-refractivity contribution in [3.05, 3.63) is 58.5 Å². The molecule has 1 unspecified atom stereocenters. The van der Waals surface area contributed by atoms with Crippen molar-refractivity contribution < 1.29 is 91.3 Å². The first-order valence-electron chi connectivity index (χ1n) is 13.6. The van der Waals surface area contributed by atoms with E-state index < -0.39 is 29.9 Å². The van der Waals surface area contributed by atoms with Gasteiger partial charge in [0.15, 0.2) is 12.1 Å². The number of hydrogen-bond acceptors (Lipinski definition) is 11. The van der Waals surface area contributed by atoms with Gasteiger partial charge in [-0.1, -0.05) is 12.1 Å². The van der Waals surface area contributed by atoms with Gasteiger partial charge in [-0.05, 0) is 63.7 Å². The van der Waals surface area contributed by atoms with Crippen molar-refractivity contribution in [1.82, 2.24) is 0 Å². The van der Waals surface area contributed by atoms with Gasteiger partial charge in [0.2, 0.25) is 5.78 Å². The van der Waals surface area contributed by atoms with Crippen LogP contribution in [0.2, 0.25) is 0 Å². The van der Waals surface area contributed by atoms with Gasteiger partial charge in [-0.2, -0.15) is 13.2 Å². The van der Waals surface area contributed by atoms with Crippen LogP contribution in [0.1, 0.15) is 82.0 Å². The van der Waals surface area contributed by atoms with Crippen LogP contribution in [0, 0.1) is 6.92 Å². The van der Waals surface area contributed by atoms with E-state index in [0.717, 1.165) is 38.7 Å². The van der Waals surface area contributed by atoms with Crippen molar-refractivity contribution in [3.8, 4) is 17.2 Å². The molecule has 2 aromatic carbocycles. The van der Waals surface area contributed by atoms with Crippen LogP contribution in [0.5, 0.6) is 17.2 Å². The Morgan fingerprint density at radius 3 is 1.74 bits per heavy atom. The largest absolute Gasteiger partial charge is 0.507 e. The summed E-state index contributed by atoms with van der Waals surface area (Å²) in [6.45, 7) is 5.15. The number of aromatic hydroxyl groups is 2. The van der Waals surface area contributed by atoms with Gasteiger partial charge in [-0.25, -0.2) is 4.89 Å². The van der Waals surface area contributed by atoms with Gasteiger partial charge in [0.1, 0.15) is 17.2 Å². The second kappa shape index (κ2) is 21.3. The minimum absolute atomic E-state index is 0. The number of alkyl halides is 3. The molecule has 8 N–H and O–H groups in total. The molecule has 13 nitrogen and oxygen atoms in total. The molecule has 3 aliphatic rings. The monoisotopic (exact) mass is 713 g/mol. The van der Waals surface area contributed by atoms with E-state index in [0.29, 0.717) is 24.0 Å². The number of ether oxygens (including phenoxy) is 2. The molecule has 1 aliphatic heterocycles. The van der Waals surface area contributed by atoms with E-state index in [1.54, 1.807) is 12.1 Å². The third-order valence-electron chi connectivity index (χ3n) is 6.37. The summed E-state index contributed by atoms with van der Waals surface area (Å²) in [5.41, 5.74) is 5.12. The first-order chi connectivity index (χ1) is 21.0. The number of methoxy groups -OCH3 is 1. The average molecular weight is 714 g/mol. The summed E-state index contributed by atoms with van der Waals surface area (Å²) in [5.74, 6) is -3.34. The summed E-state index contributed by atoms with van der Waals surface area (Å²) in [5, 5.41) is 37.0. The minimum atomic E-state index is -4.86. The predicted octanol–water partition coefficient (Wildman–Crippen LogP) is 2.99. The maximum absolute atomic E-state index is 13.0. The Kier molecular flexibility index (Phi) is 20.6. The van der Waals surface area contributed by atoms with Crippen molar-refractivity contribution in [2.45, 2.75) is 64.3 Å². The Morgan fingerprint density at radius 2 is 1.40 bits per heavy atom. The van der Waals surface area contributed by atoms with Gasteiger partial charge in [-0.15, -0.1) is 0 Å². The molecule has 263 valence electrons. The van der Waals surface area contributed by atoms with Crippen LogP contribution < -0.4 is 10.5 Å². The van der Waals surface area contributed by atoms with Crippen molar-refractivity contribution in [1.29, 1.82) is 0 Å². The van der Waals surface area contributed by atoms with Crippen LogP contribution in [0.4, 0.5) is 13.2 Å². The molecule has 1 radical (unpaired) electrons. The van der Waals surface area contributed by atoms with Crippen LogP contribution >= 0.6 is 0 Å².